The molecule has 2 fully saturated rings. The Labute approximate surface area is 367 Å². The first kappa shape index (κ1) is 44.3. The molecule has 4 heterocycles. The van der Waals surface area contributed by atoms with Crippen LogP contribution >= 0.6 is 11.3 Å². The molecule has 2 saturated heterocycles. The van der Waals surface area contributed by atoms with Gasteiger partial charge in [0.2, 0.25) is 17.7 Å². The Morgan fingerprint density at radius 3 is 2.26 bits per heavy atom. The molecule has 2 aliphatic heterocycles. The van der Waals surface area contributed by atoms with E-state index in [0.29, 0.717) is 30.9 Å². The first-order valence-electron chi connectivity index (χ1n) is 21.1. The van der Waals surface area contributed by atoms with Gasteiger partial charge >= 0.3 is 0 Å². The fraction of sp³-hybridized carbons (Fsp3) is 0.404. The molecule has 7 rings (SSSR count). The number of nitrogens with zero attached hydrogens (tertiary/aromatic N) is 7. The summed E-state index contributed by atoms with van der Waals surface area (Å²) in [5, 5.41) is 35.7. The second-order valence-electron chi connectivity index (χ2n) is 17.6. The van der Waals surface area contributed by atoms with Crippen LogP contribution in [0.3, 0.4) is 0 Å². The van der Waals surface area contributed by atoms with Crippen molar-refractivity contribution in [1.82, 2.24) is 40.5 Å². The van der Waals surface area contributed by atoms with Gasteiger partial charge < -0.3 is 35.5 Å². The zero-order chi connectivity index (χ0) is 44.1. The van der Waals surface area contributed by atoms with Crippen LogP contribution in [-0.4, -0.2) is 136 Å². The highest BCUT2D eigenvalue weighted by molar-refractivity contribution is 7.13. The lowest BCUT2D eigenvalue weighted by atomic mass is 9.85. The van der Waals surface area contributed by atoms with Crippen LogP contribution < -0.4 is 15.5 Å². The number of anilines is 1. The molecule has 0 aliphatic carbocycles. The van der Waals surface area contributed by atoms with Gasteiger partial charge in [-0.3, -0.25) is 19.3 Å². The van der Waals surface area contributed by atoms with Crippen LogP contribution in [-0.2, 0) is 14.4 Å². The number of aliphatic hydroxyl groups is 1. The van der Waals surface area contributed by atoms with E-state index in [1.165, 1.54) is 4.90 Å². The lowest BCUT2D eigenvalue weighted by Crippen LogP contribution is -2.59. The second kappa shape index (κ2) is 19.1. The van der Waals surface area contributed by atoms with Crippen molar-refractivity contribution in [2.45, 2.75) is 58.3 Å². The molecule has 5 aromatic rings. The predicted octanol–water partition coefficient (Wildman–Crippen LogP) is 4.98. The summed E-state index contributed by atoms with van der Waals surface area (Å²) in [6.07, 6.45) is 0.942. The molecule has 3 aromatic carbocycles. The molecule has 2 aliphatic rings. The maximum atomic E-state index is 14.4. The molecule has 0 saturated carbocycles. The summed E-state index contributed by atoms with van der Waals surface area (Å²) in [7, 11) is 3.88. The highest BCUT2D eigenvalue weighted by atomic mass is 32.1. The number of hydrogen-bond acceptors (Lipinski definition) is 12. The average molecular weight is 860 g/mol. The van der Waals surface area contributed by atoms with Gasteiger partial charge in [-0.05, 0) is 73.5 Å². The van der Waals surface area contributed by atoms with E-state index in [1.807, 2.05) is 107 Å². The van der Waals surface area contributed by atoms with Gasteiger partial charge in [0.25, 0.3) is 0 Å². The van der Waals surface area contributed by atoms with Crippen molar-refractivity contribution in [2.24, 2.45) is 5.41 Å². The van der Waals surface area contributed by atoms with Gasteiger partial charge in [0.1, 0.15) is 17.8 Å². The van der Waals surface area contributed by atoms with Crippen molar-refractivity contribution in [3.63, 3.8) is 0 Å². The van der Waals surface area contributed by atoms with Crippen molar-refractivity contribution in [3.05, 3.63) is 102 Å². The van der Waals surface area contributed by atoms with Crippen LogP contribution in [0.4, 0.5) is 5.69 Å². The van der Waals surface area contributed by atoms with E-state index in [-0.39, 0.29) is 49.0 Å². The molecule has 4 atom stereocenters. The summed E-state index contributed by atoms with van der Waals surface area (Å²) in [6, 6.07) is 23.1. The summed E-state index contributed by atoms with van der Waals surface area (Å²) in [5.74, 6) is -0.851. The second-order valence-corrected chi connectivity index (χ2v) is 18.5. The van der Waals surface area contributed by atoms with Gasteiger partial charge in [-0.15, -0.1) is 11.3 Å². The molecule has 0 bridgehead atoms. The number of aliphatic hydroxyl groups excluding tert-OH is 1. The largest absolute Gasteiger partial charge is 0.507 e. The number of thiazole rings is 1. The van der Waals surface area contributed by atoms with Gasteiger partial charge in [-0.2, -0.15) is 10.2 Å². The monoisotopic (exact) mass is 859 g/mol. The molecule has 2 unspecified atom stereocenters. The number of likely N-dealkylation sites (N-methyl/N-ethyl adjacent to an activating group) is 1. The highest BCUT2D eigenvalue weighted by Gasteiger charge is 2.45. The van der Waals surface area contributed by atoms with E-state index in [0.717, 1.165) is 51.6 Å². The standard InChI is InChI=1S/C47H57N9O5S/c1-30-43(62-29-48-30)33-13-11-32(12-14-33)39(27-53(5)6)50-45(60)40-24-36(57)26-56(40)46(61)44(47(2,3)4)51-42(59)28-54-19-21-55(22-20-54)35-17-15-31(16-18-35)34-23-38(52-49-25-34)37-9-7-8-10-41(37)58/h7-18,23,25,29,36,39-40,44,57-58H,19-22,24,26-28H2,1-6H3,(H,50,60)(H,51,59)/t36-,39?,40+,44?/m1/s1. The zero-order valence-electron chi connectivity index (χ0n) is 36.3. The van der Waals surface area contributed by atoms with Crippen LogP contribution in [0.15, 0.2) is 90.6 Å². The lowest BCUT2D eigenvalue weighted by molar-refractivity contribution is -0.144. The smallest absolute Gasteiger partial charge is 0.246 e. The topological polar surface area (TPSA) is 167 Å². The number of aromatic hydroxyl groups is 1. The Morgan fingerprint density at radius 1 is 0.919 bits per heavy atom. The van der Waals surface area contributed by atoms with Gasteiger partial charge in [0, 0.05) is 62.5 Å². The van der Waals surface area contributed by atoms with E-state index in [2.05, 4.69) is 47.7 Å². The summed E-state index contributed by atoms with van der Waals surface area (Å²) in [5.41, 5.74) is 8.26. The number of aryl methyl sites for hydroxylation is 1. The highest BCUT2D eigenvalue weighted by Crippen LogP contribution is 2.32. The minimum atomic E-state index is -0.916. The summed E-state index contributed by atoms with van der Waals surface area (Å²) < 4.78 is 0. The summed E-state index contributed by atoms with van der Waals surface area (Å²) in [4.78, 5) is 55.4. The van der Waals surface area contributed by atoms with Gasteiger partial charge in [-0.1, -0.05) is 69.3 Å². The fourth-order valence-corrected chi connectivity index (χ4v) is 9.03. The number of para-hydroxylation sites is 1. The Balaban J connectivity index is 0.948. The fourth-order valence-electron chi connectivity index (χ4n) is 8.22. The predicted molar refractivity (Wildman–Crippen MR) is 242 cm³/mol. The third-order valence-electron chi connectivity index (χ3n) is 11.6. The zero-order valence-corrected chi connectivity index (χ0v) is 37.1. The van der Waals surface area contributed by atoms with Crippen molar-refractivity contribution < 1.29 is 24.6 Å². The molecule has 0 radical (unpaired) electrons. The number of carbonyl (C=O) groups excluding carboxylic acids is 3. The van der Waals surface area contributed by atoms with Gasteiger partial charge in [0.15, 0.2) is 0 Å². The third-order valence-corrected chi connectivity index (χ3v) is 12.6. The Morgan fingerprint density at radius 2 is 1.61 bits per heavy atom. The molecule has 15 heteroatoms. The number of amides is 3. The van der Waals surface area contributed by atoms with Crippen LogP contribution in [0.25, 0.3) is 32.8 Å². The van der Waals surface area contributed by atoms with Gasteiger partial charge in [-0.25, -0.2) is 4.98 Å². The number of nitrogens with one attached hydrogen (secondary N) is 2. The maximum absolute atomic E-state index is 14.4. The van der Waals surface area contributed by atoms with Crippen molar-refractivity contribution in [2.75, 3.05) is 64.8 Å². The molecule has 14 nitrogen and oxygen atoms in total. The Kier molecular flexibility index (Phi) is 13.7. The van der Waals surface area contributed by atoms with E-state index < -0.39 is 23.6 Å². The summed E-state index contributed by atoms with van der Waals surface area (Å²) in [6.45, 7) is 11.1. The summed E-state index contributed by atoms with van der Waals surface area (Å²) >= 11 is 1.59. The van der Waals surface area contributed by atoms with E-state index >= 15 is 0 Å². The molecule has 326 valence electrons. The maximum Gasteiger partial charge on any atom is 0.246 e. The number of benzene rings is 3. The van der Waals surface area contributed by atoms with Crippen LogP contribution in [0.1, 0.15) is 44.5 Å². The number of β-amino-alcohol motifs (C(OH)–C–C–N with tert-alkyl or cyclic N) is 1. The van der Waals surface area contributed by atoms with E-state index in [9.17, 15) is 24.6 Å². The molecule has 2 aromatic heterocycles. The molecule has 62 heavy (non-hydrogen) atoms. The molecule has 4 N–H and O–H groups in total. The van der Waals surface area contributed by atoms with E-state index in [1.54, 1.807) is 29.7 Å². The first-order chi connectivity index (χ1) is 29.6. The SMILES string of the molecule is Cc1ncsc1-c1ccc(C(CN(C)C)NC(=O)[C@@H]2C[C@@H](O)CN2C(=O)C(NC(=O)CN2CCN(c3ccc(-c4cnnc(-c5ccccc5O)c4)cc3)CC2)C(C)(C)C)cc1. The Hall–Kier alpha value is -5.74. The number of likely N-dealkylation sites (tertiary alicyclic amines) is 1. The number of phenolic OH excluding ortho intramolecular Hbond substituents is 1. The van der Waals surface area contributed by atoms with Crippen molar-refractivity contribution in [1.29, 1.82) is 0 Å². The molecule has 3 amide bonds. The minimum absolute atomic E-state index is 0.00226. The van der Waals surface area contributed by atoms with Crippen LogP contribution in [0.5, 0.6) is 5.75 Å². The Bertz CT molecular complexity index is 2340. The van der Waals surface area contributed by atoms with Crippen LogP contribution in [0, 0.1) is 12.3 Å². The number of piperazine rings is 1. The van der Waals surface area contributed by atoms with Crippen molar-refractivity contribution >= 4 is 34.7 Å². The minimum Gasteiger partial charge on any atom is -0.507 e. The molecular weight excluding hydrogens is 803 g/mol. The normalized spacial score (nSPS) is 18.1. The first-order valence-corrected chi connectivity index (χ1v) is 21.9. The number of rotatable bonds is 13. The van der Waals surface area contributed by atoms with Crippen molar-refractivity contribution in [3.8, 4) is 38.6 Å². The van der Waals surface area contributed by atoms with Gasteiger partial charge in [0.05, 0.1) is 46.7 Å². The van der Waals surface area contributed by atoms with Crippen LogP contribution in [0.2, 0.25) is 0 Å². The average Bonchev–Trinajstić information content (AvgIpc) is 3.87. The molecule has 0 spiro atoms. The number of phenols is 1. The number of carbonyl (C=O) groups is 3. The van der Waals surface area contributed by atoms with E-state index in [4.69, 9.17) is 0 Å². The lowest BCUT2D eigenvalue weighted by Gasteiger charge is -2.38. The third kappa shape index (κ3) is 10.5. The quantitative estimate of drug-likeness (QED) is 0.126. The number of hydrogen-bond donors (Lipinski definition) is 4. The number of aromatic nitrogens is 3. The molecular formula is C47H57N9O5S.